The topological polar surface area (TPSA) is 106 Å². The standard InChI is InChI=1S/C27H25F3N4O4/c28-27(29,30)21-22(15-7-3-1-4-8-15)33-37-24(21)26-32-25(34-38-26)16-11-12-18-20(13-16)36-14-19(23(18)35)31-17-9-5-2-6-10-17/h1,3-4,7-8,11-13,17,19,23,31,35H,2,5-6,9-10,14H2/t19-,23-/m1/s1. The Morgan fingerprint density at radius 3 is 2.47 bits per heavy atom. The van der Waals surface area contributed by atoms with Crippen LogP contribution in [0.1, 0.15) is 49.3 Å². The van der Waals surface area contributed by atoms with Gasteiger partial charge in [-0.3, -0.25) is 0 Å². The van der Waals surface area contributed by atoms with E-state index in [0.717, 1.165) is 12.8 Å². The predicted molar refractivity (Wildman–Crippen MR) is 130 cm³/mol. The Hall–Kier alpha value is -3.70. The molecule has 2 aromatic heterocycles. The molecular formula is C27H25F3N4O4. The number of alkyl halides is 3. The van der Waals surface area contributed by atoms with Crippen molar-refractivity contribution in [2.45, 2.75) is 56.5 Å². The second-order valence-corrected chi connectivity index (χ2v) is 9.64. The molecule has 0 radical (unpaired) electrons. The number of nitrogens with one attached hydrogen (secondary N) is 1. The number of fused-ring (bicyclic) bond motifs is 1. The van der Waals surface area contributed by atoms with Gasteiger partial charge in [0.2, 0.25) is 11.6 Å². The normalized spacial score (nSPS) is 20.2. The van der Waals surface area contributed by atoms with Gasteiger partial charge in [-0.1, -0.05) is 72.0 Å². The Morgan fingerprint density at radius 2 is 1.71 bits per heavy atom. The number of halogens is 3. The summed E-state index contributed by atoms with van der Waals surface area (Å²) >= 11 is 0. The molecule has 0 bridgehead atoms. The monoisotopic (exact) mass is 526 g/mol. The SMILES string of the molecule is O[C@@H]1c2ccc(-c3noc(-c4onc(-c5ccccc5)c4C(F)(F)F)n3)cc2OC[C@H]1NC1CCCCC1. The molecule has 2 aromatic carbocycles. The fourth-order valence-corrected chi connectivity index (χ4v) is 5.17. The highest BCUT2D eigenvalue weighted by Gasteiger charge is 2.43. The van der Waals surface area contributed by atoms with E-state index in [-0.39, 0.29) is 23.1 Å². The molecule has 0 amide bonds. The number of rotatable bonds is 5. The van der Waals surface area contributed by atoms with E-state index in [1.807, 2.05) is 0 Å². The molecule has 2 aliphatic rings. The molecule has 0 saturated heterocycles. The molecule has 1 aliphatic heterocycles. The van der Waals surface area contributed by atoms with Crippen LogP contribution in [-0.2, 0) is 6.18 Å². The van der Waals surface area contributed by atoms with Crippen LogP contribution in [0.25, 0.3) is 34.3 Å². The number of hydrogen-bond donors (Lipinski definition) is 2. The lowest BCUT2D eigenvalue weighted by atomic mass is 9.92. The molecule has 2 atom stereocenters. The summed E-state index contributed by atoms with van der Waals surface area (Å²) in [5, 5.41) is 22.0. The van der Waals surface area contributed by atoms with E-state index in [4.69, 9.17) is 13.8 Å². The van der Waals surface area contributed by atoms with E-state index < -0.39 is 29.5 Å². The molecule has 6 rings (SSSR count). The largest absolute Gasteiger partial charge is 0.491 e. The Morgan fingerprint density at radius 1 is 0.921 bits per heavy atom. The van der Waals surface area contributed by atoms with Crippen LogP contribution in [-0.4, -0.2) is 39.1 Å². The lowest BCUT2D eigenvalue weighted by molar-refractivity contribution is -0.136. The predicted octanol–water partition coefficient (Wildman–Crippen LogP) is 5.79. The van der Waals surface area contributed by atoms with Gasteiger partial charge in [-0.15, -0.1) is 0 Å². The zero-order chi connectivity index (χ0) is 26.3. The van der Waals surface area contributed by atoms with Gasteiger partial charge < -0.3 is 24.2 Å². The highest BCUT2D eigenvalue weighted by Crippen LogP contribution is 2.43. The van der Waals surface area contributed by atoms with Crippen LogP contribution < -0.4 is 10.1 Å². The number of aliphatic hydroxyl groups excluding tert-OH is 1. The lowest BCUT2D eigenvalue weighted by Gasteiger charge is -2.35. The van der Waals surface area contributed by atoms with Crippen molar-refractivity contribution in [1.82, 2.24) is 20.6 Å². The number of nitrogens with zero attached hydrogens (tertiary/aromatic N) is 3. The third-order valence-electron chi connectivity index (χ3n) is 7.09. The van der Waals surface area contributed by atoms with Crippen LogP contribution in [0.3, 0.4) is 0 Å². The summed E-state index contributed by atoms with van der Waals surface area (Å²) in [6, 6.07) is 13.1. The molecule has 8 nitrogen and oxygen atoms in total. The fourth-order valence-electron chi connectivity index (χ4n) is 5.17. The zero-order valence-electron chi connectivity index (χ0n) is 20.2. The molecule has 11 heteroatoms. The van der Waals surface area contributed by atoms with Crippen molar-refractivity contribution in [3.63, 3.8) is 0 Å². The summed E-state index contributed by atoms with van der Waals surface area (Å²) < 4.78 is 58.2. The molecule has 1 aliphatic carbocycles. The number of aliphatic hydroxyl groups is 1. The summed E-state index contributed by atoms with van der Waals surface area (Å²) in [5.74, 6) is -0.590. The molecule has 3 heterocycles. The van der Waals surface area contributed by atoms with E-state index in [1.165, 1.54) is 31.4 Å². The van der Waals surface area contributed by atoms with Crippen molar-refractivity contribution in [3.8, 4) is 40.0 Å². The Bertz CT molecular complexity index is 1410. The highest BCUT2D eigenvalue weighted by molar-refractivity contribution is 5.71. The smallest absolute Gasteiger partial charge is 0.422 e. The van der Waals surface area contributed by atoms with E-state index in [0.29, 0.717) is 29.5 Å². The molecule has 1 saturated carbocycles. The van der Waals surface area contributed by atoms with Gasteiger partial charge in [0.1, 0.15) is 29.7 Å². The van der Waals surface area contributed by atoms with E-state index in [2.05, 4.69) is 20.6 Å². The van der Waals surface area contributed by atoms with Crippen molar-refractivity contribution >= 4 is 0 Å². The molecule has 4 aromatic rings. The van der Waals surface area contributed by atoms with Gasteiger partial charge in [0.05, 0.1) is 6.04 Å². The Balaban J connectivity index is 1.26. The number of benzene rings is 2. The highest BCUT2D eigenvalue weighted by atomic mass is 19.4. The van der Waals surface area contributed by atoms with Gasteiger partial charge in [0.25, 0.3) is 5.89 Å². The fraction of sp³-hybridized carbons (Fsp3) is 0.370. The Labute approximate surface area is 215 Å². The molecule has 38 heavy (non-hydrogen) atoms. The summed E-state index contributed by atoms with van der Waals surface area (Å²) in [7, 11) is 0. The van der Waals surface area contributed by atoms with Crippen LogP contribution >= 0.6 is 0 Å². The van der Waals surface area contributed by atoms with Crippen LogP contribution in [0, 0.1) is 0 Å². The van der Waals surface area contributed by atoms with Crippen molar-refractivity contribution in [2.24, 2.45) is 0 Å². The van der Waals surface area contributed by atoms with Gasteiger partial charge in [-0.25, -0.2) is 0 Å². The molecule has 0 unspecified atom stereocenters. The first-order valence-electron chi connectivity index (χ1n) is 12.6. The number of ether oxygens (including phenoxy) is 1. The van der Waals surface area contributed by atoms with E-state index in [9.17, 15) is 18.3 Å². The van der Waals surface area contributed by atoms with E-state index >= 15 is 0 Å². The molecule has 1 fully saturated rings. The molecule has 2 N–H and O–H groups in total. The first-order chi connectivity index (χ1) is 18.4. The minimum Gasteiger partial charge on any atom is -0.491 e. The molecule has 0 spiro atoms. The maximum absolute atomic E-state index is 14.0. The molecule has 198 valence electrons. The van der Waals surface area contributed by atoms with Crippen molar-refractivity contribution < 1.29 is 32.1 Å². The second kappa shape index (κ2) is 9.88. The number of hydrogen-bond acceptors (Lipinski definition) is 8. The molecular weight excluding hydrogens is 501 g/mol. The minimum absolute atomic E-state index is 0.0501. The first-order valence-corrected chi connectivity index (χ1v) is 12.6. The third kappa shape index (κ3) is 4.67. The zero-order valence-corrected chi connectivity index (χ0v) is 20.2. The van der Waals surface area contributed by atoms with Gasteiger partial charge in [-0.05, 0) is 18.9 Å². The van der Waals surface area contributed by atoms with Crippen LogP contribution in [0.15, 0.2) is 57.6 Å². The summed E-state index contributed by atoms with van der Waals surface area (Å²) in [6.07, 6.45) is 0.253. The van der Waals surface area contributed by atoms with Crippen molar-refractivity contribution in [1.29, 1.82) is 0 Å². The van der Waals surface area contributed by atoms with Crippen LogP contribution in [0.4, 0.5) is 13.2 Å². The maximum atomic E-state index is 14.0. The second-order valence-electron chi connectivity index (χ2n) is 9.64. The average molecular weight is 527 g/mol. The third-order valence-corrected chi connectivity index (χ3v) is 7.09. The lowest BCUT2D eigenvalue weighted by Crippen LogP contribution is -2.48. The van der Waals surface area contributed by atoms with Gasteiger partial charge >= 0.3 is 6.18 Å². The van der Waals surface area contributed by atoms with E-state index in [1.54, 1.807) is 36.4 Å². The first kappa shape index (κ1) is 24.6. The average Bonchev–Trinajstić information content (AvgIpc) is 3.59. The van der Waals surface area contributed by atoms with Gasteiger partial charge in [-0.2, -0.15) is 18.2 Å². The van der Waals surface area contributed by atoms with Crippen molar-refractivity contribution in [2.75, 3.05) is 6.61 Å². The number of aromatic nitrogens is 3. The quantitative estimate of drug-likeness (QED) is 0.336. The van der Waals surface area contributed by atoms with Crippen LogP contribution in [0.2, 0.25) is 0 Å². The van der Waals surface area contributed by atoms with Gasteiger partial charge in [0, 0.05) is 22.7 Å². The maximum Gasteiger partial charge on any atom is 0.422 e. The Kier molecular flexibility index (Phi) is 6.40. The van der Waals surface area contributed by atoms with Gasteiger partial charge in [0.15, 0.2) is 0 Å². The minimum atomic E-state index is -4.77. The summed E-state index contributed by atoms with van der Waals surface area (Å²) in [6.45, 7) is 0.293. The van der Waals surface area contributed by atoms with Crippen molar-refractivity contribution in [3.05, 3.63) is 59.7 Å². The summed E-state index contributed by atoms with van der Waals surface area (Å²) in [4.78, 5) is 4.15. The van der Waals surface area contributed by atoms with Crippen LogP contribution in [0.5, 0.6) is 5.75 Å². The summed E-state index contributed by atoms with van der Waals surface area (Å²) in [5.41, 5.74) is -0.121.